The molecule has 3 atom stereocenters. The fourth-order valence-corrected chi connectivity index (χ4v) is 5.69. The summed E-state index contributed by atoms with van der Waals surface area (Å²) in [5.74, 6) is -1.71. The van der Waals surface area contributed by atoms with Crippen LogP contribution in [0.3, 0.4) is 0 Å². The molecule has 8 heteroatoms. The molecule has 0 aliphatic carbocycles. The lowest BCUT2D eigenvalue weighted by atomic mass is 10.0. The van der Waals surface area contributed by atoms with Gasteiger partial charge in [-0.15, -0.1) is 0 Å². The molecule has 0 heterocycles. The molecule has 3 aromatic rings. The Hall–Kier alpha value is -3.25. The summed E-state index contributed by atoms with van der Waals surface area (Å²) in [6.07, 6.45) is -0.335. The number of carboxylic acid groups (broad SMARTS) is 1. The molecule has 0 aliphatic heterocycles. The fourth-order valence-electron chi connectivity index (χ4n) is 3.96. The van der Waals surface area contributed by atoms with E-state index in [-0.39, 0.29) is 31.5 Å². The van der Waals surface area contributed by atoms with Gasteiger partial charge < -0.3 is 14.9 Å². The third kappa shape index (κ3) is 9.90. The fraction of sp³-hybridized carbons (Fsp3) is 0.333. The number of nitrogens with one attached hydrogen (secondary N) is 1. The van der Waals surface area contributed by atoms with Crippen LogP contribution in [0.4, 0.5) is 0 Å². The molecule has 1 unspecified atom stereocenters. The van der Waals surface area contributed by atoms with Crippen molar-refractivity contribution in [2.75, 3.05) is 6.16 Å². The highest BCUT2D eigenvalue weighted by Crippen LogP contribution is 2.51. The molecular weight excluding hydrogens is 501 g/mol. The molecule has 7 nitrogen and oxygen atoms in total. The average Bonchev–Trinajstić information content (AvgIpc) is 2.91. The number of hydrogen-bond donors (Lipinski definition) is 2. The van der Waals surface area contributed by atoms with E-state index in [0.717, 1.165) is 16.7 Å². The normalized spacial score (nSPS) is 14.4. The molecule has 0 aromatic heterocycles. The Labute approximate surface area is 224 Å². The monoisotopic (exact) mass is 537 g/mol. The largest absolute Gasteiger partial charge is 0.480 e. The molecule has 0 saturated heterocycles. The third-order valence-electron chi connectivity index (χ3n) is 5.95. The highest BCUT2D eigenvalue weighted by molar-refractivity contribution is 7.53. The van der Waals surface area contributed by atoms with E-state index in [1.165, 1.54) is 0 Å². The van der Waals surface area contributed by atoms with Gasteiger partial charge >= 0.3 is 13.6 Å². The van der Waals surface area contributed by atoms with Crippen molar-refractivity contribution in [3.8, 4) is 0 Å². The minimum atomic E-state index is -3.80. The van der Waals surface area contributed by atoms with Crippen LogP contribution in [0.5, 0.6) is 0 Å². The maximum Gasteiger partial charge on any atom is 0.332 e. The zero-order chi connectivity index (χ0) is 27.4. The van der Waals surface area contributed by atoms with E-state index in [9.17, 15) is 19.3 Å². The standard InChI is InChI=1S/C30H36NO6P/c1-23(2)20-27(30(33)34)31-29(32)28(21-25-14-8-4-9-15-25)37-38(35,19-18-24-12-6-3-7-13-24)36-22-26-16-10-5-11-17-26/h3-17,23,27-28H,18-22H2,1-2H3,(H,31,32)(H,33,34)/t27-,28-,38?/m0/s1. The molecule has 1 amide bonds. The first-order chi connectivity index (χ1) is 18.2. The summed E-state index contributed by atoms with van der Waals surface area (Å²) in [5, 5.41) is 12.3. The van der Waals surface area contributed by atoms with Gasteiger partial charge in [0.25, 0.3) is 5.91 Å². The number of aliphatic carboxylic acids is 1. The molecule has 0 fully saturated rings. The average molecular weight is 538 g/mol. The Balaban J connectivity index is 1.85. The Kier molecular flexibility index (Phi) is 11.3. The maximum absolute atomic E-state index is 14.1. The van der Waals surface area contributed by atoms with Crippen molar-refractivity contribution in [3.05, 3.63) is 108 Å². The Morgan fingerprint density at radius 2 is 1.37 bits per heavy atom. The van der Waals surface area contributed by atoms with E-state index < -0.39 is 31.6 Å². The quantitative estimate of drug-likeness (QED) is 0.235. The first-order valence-electron chi connectivity index (χ1n) is 12.8. The molecule has 2 N–H and O–H groups in total. The van der Waals surface area contributed by atoms with Gasteiger partial charge in [0.1, 0.15) is 12.1 Å². The molecule has 0 spiro atoms. The summed E-state index contributed by atoms with van der Waals surface area (Å²) in [7, 11) is -3.80. The van der Waals surface area contributed by atoms with Crippen LogP contribution in [0, 0.1) is 5.92 Å². The number of rotatable bonds is 15. The summed E-state index contributed by atoms with van der Waals surface area (Å²) in [6, 6.07) is 27.0. The molecule has 0 aliphatic rings. The number of benzene rings is 3. The zero-order valence-corrected chi connectivity index (χ0v) is 22.8. The summed E-state index contributed by atoms with van der Waals surface area (Å²) < 4.78 is 26.1. The highest BCUT2D eigenvalue weighted by atomic mass is 31.2. The number of carboxylic acids is 1. The van der Waals surface area contributed by atoms with Crippen LogP contribution in [0.1, 0.15) is 37.0 Å². The van der Waals surface area contributed by atoms with E-state index in [4.69, 9.17) is 9.05 Å². The van der Waals surface area contributed by atoms with Gasteiger partial charge in [-0.2, -0.15) is 0 Å². The van der Waals surface area contributed by atoms with E-state index in [0.29, 0.717) is 6.42 Å². The number of aryl methyl sites for hydroxylation is 1. The van der Waals surface area contributed by atoms with Crippen molar-refractivity contribution >= 4 is 19.5 Å². The summed E-state index contributed by atoms with van der Waals surface area (Å²) >= 11 is 0. The maximum atomic E-state index is 14.1. The van der Waals surface area contributed by atoms with E-state index in [2.05, 4.69) is 5.32 Å². The first kappa shape index (κ1) is 29.3. The molecule has 0 saturated carbocycles. The molecule has 3 aromatic carbocycles. The second kappa shape index (κ2) is 14.6. The second-order valence-corrected chi connectivity index (χ2v) is 11.8. The molecule has 3 rings (SSSR count). The van der Waals surface area contributed by atoms with Gasteiger partial charge in [-0.1, -0.05) is 105 Å². The Morgan fingerprint density at radius 1 is 0.842 bits per heavy atom. The molecule has 202 valence electrons. The van der Waals surface area contributed by atoms with Crippen LogP contribution in [0.15, 0.2) is 91.0 Å². The van der Waals surface area contributed by atoms with E-state index >= 15 is 0 Å². The smallest absolute Gasteiger partial charge is 0.332 e. The van der Waals surface area contributed by atoms with Crippen LogP contribution >= 0.6 is 7.60 Å². The van der Waals surface area contributed by atoms with Gasteiger partial charge in [-0.05, 0) is 35.4 Å². The van der Waals surface area contributed by atoms with Gasteiger partial charge in [-0.25, -0.2) is 4.79 Å². The first-order valence-corrected chi connectivity index (χ1v) is 14.5. The van der Waals surface area contributed by atoms with Crippen molar-refractivity contribution < 1.29 is 28.3 Å². The lowest BCUT2D eigenvalue weighted by Gasteiger charge is -2.26. The van der Waals surface area contributed by atoms with Gasteiger partial charge in [0.2, 0.25) is 0 Å². The SMILES string of the molecule is CC(C)C[C@H](NC(=O)[C@H](Cc1ccccc1)OP(=O)(CCc1ccccc1)OCc1ccccc1)C(=O)O. The van der Waals surface area contributed by atoms with Crippen molar-refractivity contribution in [1.29, 1.82) is 0 Å². The van der Waals surface area contributed by atoms with E-state index in [1.807, 2.05) is 105 Å². The van der Waals surface area contributed by atoms with E-state index in [1.54, 1.807) is 0 Å². The van der Waals surface area contributed by atoms with Gasteiger partial charge in [0, 0.05) is 6.42 Å². The topological polar surface area (TPSA) is 102 Å². The van der Waals surface area contributed by atoms with Gasteiger partial charge in [-0.3, -0.25) is 13.9 Å². The van der Waals surface area contributed by atoms with Gasteiger partial charge in [0.15, 0.2) is 0 Å². The predicted octanol–water partition coefficient (Wildman–Crippen LogP) is 5.88. The number of hydrogen-bond acceptors (Lipinski definition) is 5. The number of carbonyl (C=O) groups excluding carboxylic acids is 1. The van der Waals surface area contributed by atoms with Gasteiger partial charge in [0.05, 0.1) is 12.8 Å². The van der Waals surface area contributed by atoms with Crippen LogP contribution < -0.4 is 5.32 Å². The summed E-state index contributed by atoms with van der Waals surface area (Å²) in [6.45, 7) is 3.82. The lowest BCUT2D eigenvalue weighted by molar-refractivity contribution is -0.143. The van der Waals surface area contributed by atoms with Crippen LogP contribution in [0.25, 0.3) is 0 Å². The van der Waals surface area contributed by atoms with Crippen LogP contribution in [0.2, 0.25) is 0 Å². The van der Waals surface area contributed by atoms with Crippen molar-refractivity contribution in [2.45, 2.75) is 51.9 Å². The second-order valence-electron chi connectivity index (χ2n) is 9.64. The lowest BCUT2D eigenvalue weighted by Crippen LogP contribution is -2.47. The summed E-state index contributed by atoms with van der Waals surface area (Å²) in [5.41, 5.74) is 2.58. The molecular formula is C30H36NO6P. The van der Waals surface area contributed by atoms with Crippen molar-refractivity contribution in [3.63, 3.8) is 0 Å². The predicted molar refractivity (Wildman–Crippen MR) is 148 cm³/mol. The molecule has 38 heavy (non-hydrogen) atoms. The van der Waals surface area contributed by atoms with Crippen LogP contribution in [-0.4, -0.2) is 35.3 Å². The third-order valence-corrected chi connectivity index (χ3v) is 7.82. The minimum Gasteiger partial charge on any atom is -0.480 e. The van der Waals surface area contributed by atoms with Crippen molar-refractivity contribution in [1.82, 2.24) is 5.32 Å². The number of amides is 1. The van der Waals surface area contributed by atoms with Crippen molar-refractivity contribution in [2.24, 2.45) is 5.92 Å². The Morgan fingerprint density at radius 3 is 1.89 bits per heavy atom. The number of carbonyl (C=O) groups is 2. The highest BCUT2D eigenvalue weighted by Gasteiger charge is 2.34. The minimum absolute atomic E-state index is 0.0519. The Bertz CT molecular complexity index is 1140. The zero-order valence-electron chi connectivity index (χ0n) is 21.9. The molecule has 0 bridgehead atoms. The molecule has 0 radical (unpaired) electrons. The van der Waals surface area contributed by atoms with Crippen LogP contribution in [-0.2, 0) is 42.7 Å². The summed E-state index contributed by atoms with van der Waals surface area (Å²) in [4.78, 5) is 25.2.